The van der Waals surface area contributed by atoms with Crippen LogP contribution in [0, 0.1) is 0 Å². The lowest BCUT2D eigenvalue weighted by molar-refractivity contribution is -0.136. The van der Waals surface area contributed by atoms with Crippen LogP contribution in [0.15, 0.2) is 71.8 Å². The molecular weight excluding hydrogens is 503 g/mol. The van der Waals surface area contributed by atoms with Crippen molar-refractivity contribution in [2.24, 2.45) is 5.73 Å². The summed E-state index contributed by atoms with van der Waals surface area (Å²) in [7, 11) is -3.58. The Labute approximate surface area is 213 Å². The van der Waals surface area contributed by atoms with Gasteiger partial charge in [0.1, 0.15) is 17.1 Å². The summed E-state index contributed by atoms with van der Waals surface area (Å²) < 4.78 is 74.1. The van der Waals surface area contributed by atoms with E-state index < -0.39 is 26.8 Å². The van der Waals surface area contributed by atoms with E-state index >= 15 is 0 Å². The lowest BCUT2D eigenvalue weighted by Crippen LogP contribution is -2.21. The Morgan fingerprint density at radius 2 is 1.68 bits per heavy atom. The highest BCUT2D eigenvalue weighted by molar-refractivity contribution is 7.92. The van der Waals surface area contributed by atoms with Crippen LogP contribution in [0.1, 0.15) is 44.4 Å². The third kappa shape index (κ3) is 5.35. The van der Waals surface area contributed by atoms with Crippen molar-refractivity contribution in [1.29, 1.82) is 0 Å². The summed E-state index contributed by atoms with van der Waals surface area (Å²) in [5.74, 6) is 0.580. The monoisotopic (exact) mass is 531 g/mol. The van der Waals surface area contributed by atoms with Gasteiger partial charge < -0.3 is 10.5 Å². The Balaban J connectivity index is 1.75. The van der Waals surface area contributed by atoms with E-state index in [4.69, 9.17) is 10.5 Å². The molecule has 0 aliphatic rings. The van der Waals surface area contributed by atoms with Gasteiger partial charge in [-0.1, -0.05) is 32.0 Å². The number of imidazole rings is 1. The first-order valence-electron chi connectivity index (χ1n) is 11.8. The molecule has 4 rings (SSSR count). The number of benzene rings is 2. The van der Waals surface area contributed by atoms with Crippen LogP contribution in [-0.2, 0) is 16.0 Å². The first-order chi connectivity index (χ1) is 17.4. The highest BCUT2D eigenvalue weighted by atomic mass is 32.2. The van der Waals surface area contributed by atoms with Crippen molar-refractivity contribution < 1.29 is 26.3 Å². The standard InChI is InChI=1S/C27H28F3N3O3S/c1-17(2)24-25(33-14-6-11-23(26(33)32-24)27(28,29)30)19-7-4-8-20(15-19)36-21-9-5-10-22(16-21)37(34,35)18(3)12-13-31/h4-11,14-18H,12-13,31H2,1-3H3. The van der Waals surface area contributed by atoms with Gasteiger partial charge in [-0.15, -0.1) is 0 Å². The van der Waals surface area contributed by atoms with Crippen LogP contribution in [0.3, 0.4) is 0 Å². The van der Waals surface area contributed by atoms with Crippen molar-refractivity contribution in [1.82, 2.24) is 9.38 Å². The third-order valence-electron chi connectivity index (χ3n) is 6.11. The van der Waals surface area contributed by atoms with Gasteiger partial charge in [-0.3, -0.25) is 4.40 Å². The number of ether oxygens (including phenoxy) is 1. The van der Waals surface area contributed by atoms with E-state index in [1.807, 2.05) is 13.8 Å². The van der Waals surface area contributed by atoms with E-state index in [2.05, 4.69) is 4.98 Å². The van der Waals surface area contributed by atoms with Crippen molar-refractivity contribution in [2.75, 3.05) is 6.54 Å². The molecular formula is C27H28F3N3O3S. The fourth-order valence-corrected chi connectivity index (χ4v) is 5.64. The molecule has 1 atom stereocenters. The number of fused-ring (bicyclic) bond motifs is 1. The highest BCUT2D eigenvalue weighted by Crippen LogP contribution is 2.38. The molecule has 0 saturated heterocycles. The Hall–Kier alpha value is -3.37. The molecule has 0 aliphatic heterocycles. The zero-order valence-corrected chi connectivity index (χ0v) is 21.5. The van der Waals surface area contributed by atoms with Crippen LogP contribution >= 0.6 is 0 Å². The zero-order valence-electron chi connectivity index (χ0n) is 20.7. The predicted octanol–water partition coefficient (Wildman–Crippen LogP) is 6.45. The van der Waals surface area contributed by atoms with Gasteiger partial charge in [-0.2, -0.15) is 13.2 Å². The first kappa shape index (κ1) is 26.7. The maximum absolute atomic E-state index is 13.7. The molecule has 0 aliphatic carbocycles. The second-order valence-electron chi connectivity index (χ2n) is 9.15. The molecule has 0 radical (unpaired) electrons. The van der Waals surface area contributed by atoms with E-state index in [0.717, 1.165) is 6.07 Å². The average molecular weight is 532 g/mol. The molecule has 2 aromatic carbocycles. The second kappa shape index (κ2) is 10.2. The summed E-state index contributed by atoms with van der Waals surface area (Å²) >= 11 is 0. The number of halogens is 3. The van der Waals surface area contributed by atoms with Crippen molar-refractivity contribution in [3.8, 4) is 22.8 Å². The number of nitrogens with zero attached hydrogens (tertiary/aromatic N) is 2. The predicted molar refractivity (Wildman–Crippen MR) is 137 cm³/mol. The Bertz CT molecular complexity index is 1530. The summed E-state index contributed by atoms with van der Waals surface area (Å²) in [6, 6.07) is 15.5. The number of pyridine rings is 1. The quantitative estimate of drug-likeness (QED) is 0.283. The van der Waals surface area contributed by atoms with E-state index in [-0.39, 0.29) is 23.0 Å². The number of hydrogen-bond acceptors (Lipinski definition) is 5. The topological polar surface area (TPSA) is 86.7 Å². The number of alkyl halides is 3. The minimum Gasteiger partial charge on any atom is -0.457 e. The van der Waals surface area contributed by atoms with Crippen LogP contribution in [0.25, 0.3) is 16.9 Å². The molecule has 0 bridgehead atoms. The van der Waals surface area contributed by atoms with Gasteiger partial charge >= 0.3 is 6.18 Å². The second-order valence-corrected chi connectivity index (χ2v) is 11.5. The Kier molecular flexibility index (Phi) is 7.34. The summed E-state index contributed by atoms with van der Waals surface area (Å²) in [5.41, 5.74) is 6.24. The van der Waals surface area contributed by atoms with E-state index in [1.54, 1.807) is 49.5 Å². The maximum atomic E-state index is 13.7. The first-order valence-corrected chi connectivity index (χ1v) is 13.4. The van der Waals surface area contributed by atoms with E-state index in [9.17, 15) is 21.6 Å². The Morgan fingerprint density at radius 1 is 1.00 bits per heavy atom. The molecule has 37 heavy (non-hydrogen) atoms. The summed E-state index contributed by atoms with van der Waals surface area (Å²) in [4.78, 5) is 4.50. The lowest BCUT2D eigenvalue weighted by atomic mass is 10.0. The van der Waals surface area contributed by atoms with Crippen LogP contribution < -0.4 is 10.5 Å². The summed E-state index contributed by atoms with van der Waals surface area (Å²) in [5, 5.41) is -0.637. The SMILES string of the molecule is CC(C)c1nc2c(C(F)(F)F)cccn2c1-c1cccc(Oc2cccc(S(=O)(=O)C(C)CCN)c2)c1. The summed E-state index contributed by atoms with van der Waals surface area (Å²) in [6.07, 6.45) is -2.65. The van der Waals surface area contributed by atoms with E-state index in [1.165, 1.54) is 22.6 Å². The number of sulfone groups is 1. The minimum absolute atomic E-state index is 0.130. The van der Waals surface area contributed by atoms with Gasteiger partial charge in [0, 0.05) is 11.8 Å². The van der Waals surface area contributed by atoms with Gasteiger partial charge in [0.2, 0.25) is 0 Å². The van der Waals surface area contributed by atoms with Gasteiger partial charge in [0.15, 0.2) is 9.84 Å². The Morgan fingerprint density at radius 3 is 2.32 bits per heavy atom. The molecule has 2 heterocycles. The molecule has 10 heteroatoms. The molecule has 196 valence electrons. The smallest absolute Gasteiger partial charge is 0.419 e. The number of nitrogens with two attached hydrogens (primary N) is 1. The number of aromatic nitrogens is 2. The summed E-state index contributed by atoms with van der Waals surface area (Å²) in [6.45, 7) is 5.62. The average Bonchev–Trinajstić information content (AvgIpc) is 3.24. The fourth-order valence-electron chi connectivity index (χ4n) is 4.18. The van der Waals surface area contributed by atoms with E-state index in [0.29, 0.717) is 34.9 Å². The molecule has 4 aromatic rings. The third-order valence-corrected chi connectivity index (χ3v) is 8.32. The number of rotatable bonds is 8. The van der Waals surface area contributed by atoms with Gasteiger partial charge in [-0.05, 0) is 68.3 Å². The molecule has 0 spiro atoms. The molecule has 0 saturated carbocycles. The van der Waals surface area contributed by atoms with Gasteiger partial charge in [0.05, 0.1) is 27.1 Å². The normalized spacial score (nSPS) is 13.3. The largest absolute Gasteiger partial charge is 0.457 e. The molecule has 1 unspecified atom stereocenters. The molecule has 0 fully saturated rings. The molecule has 6 nitrogen and oxygen atoms in total. The van der Waals surface area contributed by atoms with Crippen LogP contribution in [0.5, 0.6) is 11.5 Å². The lowest BCUT2D eigenvalue weighted by Gasteiger charge is -2.14. The minimum atomic E-state index is -4.54. The van der Waals surface area contributed by atoms with Crippen LogP contribution in [-0.4, -0.2) is 29.6 Å². The van der Waals surface area contributed by atoms with Crippen molar-refractivity contribution in [3.05, 3.63) is 78.1 Å². The van der Waals surface area contributed by atoms with Gasteiger partial charge in [0.25, 0.3) is 0 Å². The van der Waals surface area contributed by atoms with Crippen LogP contribution in [0.2, 0.25) is 0 Å². The van der Waals surface area contributed by atoms with Crippen molar-refractivity contribution in [3.63, 3.8) is 0 Å². The van der Waals surface area contributed by atoms with Crippen molar-refractivity contribution >= 4 is 15.5 Å². The number of hydrogen-bond donors (Lipinski definition) is 1. The fraction of sp³-hybridized carbons (Fsp3) is 0.296. The maximum Gasteiger partial charge on any atom is 0.419 e. The molecule has 2 aromatic heterocycles. The zero-order chi connectivity index (χ0) is 27.0. The highest BCUT2D eigenvalue weighted by Gasteiger charge is 2.35. The van der Waals surface area contributed by atoms with Crippen LogP contribution in [0.4, 0.5) is 13.2 Å². The molecule has 2 N–H and O–H groups in total. The molecule has 0 amide bonds. The van der Waals surface area contributed by atoms with Crippen molar-refractivity contribution in [2.45, 2.75) is 49.4 Å². The van der Waals surface area contributed by atoms with Gasteiger partial charge in [-0.25, -0.2) is 13.4 Å².